The number of imidazole rings is 1. The molecule has 0 fully saturated rings. The van der Waals surface area contributed by atoms with E-state index < -0.39 is 0 Å². The largest absolute Gasteiger partial charge is 0.365 e. The van der Waals surface area contributed by atoms with Gasteiger partial charge in [-0.15, -0.1) is 0 Å². The zero-order valence-electron chi connectivity index (χ0n) is 12.7. The van der Waals surface area contributed by atoms with Gasteiger partial charge in [0.1, 0.15) is 23.0 Å². The molecule has 0 aliphatic rings. The lowest BCUT2D eigenvalue weighted by molar-refractivity contribution is 0.627. The minimum absolute atomic E-state index is 0.118. The smallest absolute Gasteiger partial charge is 0.139 e. The standard InChI is InChI=1S/C17H17BrFN3/c1-17(2,3)21-16-15(11-4-7-13(19)8-5-11)20-14-9-6-12(18)10-22(14)16/h4-10,21H,1-3H3. The summed E-state index contributed by atoms with van der Waals surface area (Å²) < 4.78 is 16.2. The highest BCUT2D eigenvalue weighted by Gasteiger charge is 2.19. The van der Waals surface area contributed by atoms with Crippen LogP contribution in [0, 0.1) is 5.82 Å². The SMILES string of the molecule is CC(C)(C)Nc1c(-c2ccc(F)cc2)nc2ccc(Br)cn12. The highest BCUT2D eigenvalue weighted by molar-refractivity contribution is 9.10. The van der Waals surface area contributed by atoms with Gasteiger partial charge in [0, 0.05) is 21.8 Å². The summed E-state index contributed by atoms with van der Waals surface area (Å²) in [5.41, 5.74) is 2.42. The van der Waals surface area contributed by atoms with Crippen LogP contribution in [0.1, 0.15) is 20.8 Å². The number of aromatic nitrogens is 2. The normalized spacial score (nSPS) is 11.9. The molecule has 5 heteroatoms. The van der Waals surface area contributed by atoms with Crippen molar-refractivity contribution in [3.63, 3.8) is 0 Å². The molecule has 0 aliphatic carbocycles. The van der Waals surface area contributed by atoms with Crippen LogP contribution in [-0.4, -0.2) is 14.9 Å². The number of hydrogen-bond acceptors (Lipinski definition) is 2. The first-order valence-electron chi connectivity index (χ1n) is 7.05. The summed E-state index contributed by atoms with van der Waals surface area (Å²) in [6.45, 7) is 6.29. The van der Waals surface area contributed by atoms with Crippen LogP contribution < -0.4 is 5.32 Å². The average Bonchev–Trinajstić information content (AvgIpc) is 2.76. The minimum Gasteiger partial charge on any atom is -0.365 e. The summed E-state index contributed by atoms with van der Waals surface area (Å²) in [4.78, 5) is 4.70. The van der Waals surface area contributed by atoms with Crippen molar-refractivity contribution in [1.82, 2.24) is 9.38 Å². The van der Waals surface area contributed by atoms with Crippen molar-refractivity contribution in [3.8, 4) is 11.3 Å². The molecular formula is C17H17BrFN3. The second-order valence-corrected chi connectivity index (χ2v) is 7.18. The van der Waals surface area contributed by atoms with Crippen LogP contribution in [0.15, 0.2) is 47.1 Å². The predicted molar refractivity (Wildman–Crippen MR) is 91.7 cm³/mol. The number of nitrogens with one attached hydrogen (secondary N) is 1. The van der Waals surface area contributed by atoms with E-state index in [9.17, 15) is 4.39 Å². The van der Waals surface area contributed by atoms with E-state index in [1.807, 2.05) is 22.7 Å². The van der Waals surface area contributed by atoms with Gasteiger partial charge in [-0.3, -0.25) is 4.40 Å². The number of pyridine rings is 1. The van der Waals surface area contributed by atoms with Gasteiger partial charge in [-0.05, 0) is 73.1 Å². The Morgan fingerprint density at radius 1 is 1.09 bits per heavy atom. The number of nitrogens with zero attached hydrogens (tertiary/aromatic N) is 2. The maximum atomic E-state index is 13.2. The van der Waals surface area contributed by atoms with E-state index >= 15 is 0 Å². The van der Waals surface area contributed by atoms with Crippen molar-refractivity contribution in [2.75, 3.05) is 5.32 Å². The number of fused-ring (bicyclic) bond motifs is 1. The molecule has 2 heterocycles. The van der Waals surface area contributed by atoms with Crippen molar-refractivity contribution in [2.45, 2.75) is 26.3 Å². The molecule has 3 aromatic rings. The highest BCUT2D eigenvalue weighted by atomic mass is 79.9. The molecule has 3 nitrogen and oxygen atoms in total. The van der Waals surface area contributed by atoms with Crippen LogP contribution in [0.25, 0.3) is 16.9 Å². The third-order valence-corrected chi connectivity index (χ3v) is 3.66. The molecule has 0 amide bonds. The van der Waals surface area contributed by atoms with Crippen molar-refractivity contribution in [2.24, 2.45) is 0 Å². The van der Waals surface area contributed by atoms with Gasteiger partial charge in [0.2, 0.25) is 0 Å². The van der Waals surface area contributed by atoms with Crippen molar-refractivity contribution in [1.29, 1.82) is 0 Å². The van der Waals surface area contributed by atoms with E-state index in [4.69, 9.17) is 4.98 Å². The monoisotopic (exact) mass is 361 g/mol. The van der Waals surface area contributed by atoms with Gasteiger partial charge in [0.05, 0.1) is 0 Å². The summed E-state index contributed by atoms with van der Waals surface area (Å²) in [5, 5.41) is 3.50. The van der Waals surface area contributed by atoms with Crippen LogP contribution in [-0.2, 0) is 0 Å². The first-order valence-corrected chi connectivity index (χ1v) is 7.84. The predicted octanol–water partition coefficient (Wildman–Crippen LogP) is 5.11. The average molecular weight is 362 g/mol. The van der Waals surface area contributed by atoms with E-state index in [0.717, 1.165) is 27.2 Å². The third kappa shape index (κ3) is 2.99. The minimum atomic E-state index is -0.249. The van der Waals surface area contributed by atoms with Crippen molar-refractivity contribution >= 4 is 27.4 Å². The zero-order valence-corrected chi connectivity index (χ0v) is 14.3. The van der Waals surface area contributed by atoms with Crippen LogP contribution >= 0.6 is 15.9 Å². The van der Waals surface area contributed by atoms with Gasteiger partial charge in [-0.25, -0.2) is 9.37 Å². The van der Waals surface area contributed by atoms with E-state index in [-0.39, 0.29) is 11.4 Å². The molecule has 0 radical (unpaired) electrons. The van der Waals surface area contributed by atoms with Crippen LogP contribution in [0.3, 0.4) is 0 Å². The Balaban J connectivity index is 2.23. The van der Waals surface area contributed by atoms with Gasteiger partial charge in [0.25, 0.3) is 0 Å². The Bertz CT molecular complexity index is 816. The summed E-state index contributed by atoms with van der Waals surface area (Å²) in [7, 11) is 0. The van der Waals surface area contributed by atoms with E-state index in [0.29, 0.717) is 0 Å². The number of rotatable bonds is 2. The number of anilines is 1. The topological polar surface area (TPSA) is 29.3 Å². The van der Waals surface area contributed by atoms with Gasteiger partial charge < -0.3 is 5.32 Å². The van der Waals surface area contributed by atoms with E-state index in [1.54, 1.807) is 12.1 Å². The number of halogens is 2. The molecule has 0 saturated carbocycles. The lowest BCUT2D eigenvalue weighted by Gasteiger charge is -2.22. The molecule has 2 aromatic heterocycles. The fourth-order valence-corrected chi connectivity index (χ4v) is 2.64. The Morgan fingerprint density at radius 2 is 1.77 bits per heavy atom. The molecule has 0 aliphatic heterocycles. The van der Waals surface area contributed by atoms with Gasteiger partial charge >= 0.3 is 0 Å². The first-order chi connectivity index (χ1) is 10.3. The summed E-state index contributed by atoms with van der Waals surface area (Å²) >= 11 is 3.50. The summed E-state index contributed by atoms with van der Waals surface area (Å²) in [6.07, 6.45) is 1.98. The quantitative estimate of drug-likeness (QED) is 0.686. The van der Waals surface area contributed by atoms with E-state index in [1.165, 1.54) is 12.1 Å². The molecule has 3 rings (SSSR count). The Morgan fingerprint density at radius 3 is 2.41 bits per heavy atom. The molecule has 0 spiro atoms. The molecular weight excluding hydrogens is 345 g/mol. The first kappa shape index (κ1) is 15.0. The number of hydrogen-bond donors (Lipinski definition) is 1. The van der Waals surface area contributed by atoms with E-state index in [2.05, 4.69) is 42.0 Å². The van der Waals surface area contributed by atoms with Gasteiger partial charge in [-0.2, -0.15) is 0 Å². The maximum absolute atomic E-state index is 13.2. The molecule has 22 heavy (non-hydrogen) atoms. The molecule has 114 valence electrons. The Labute approximate surface area is 137 Å². The number of benzene rings is 1. The lowest BCUT2D eigenvalue weighted by atomic mass is 10.1. The second kappa shape index (κ2) is 5.39. The Kier molecular flexibility index (Phi) is 3.68. The maximum Gasteiger partial charge on any atom is 0.139 e. The van der Waals surface area contributed by atoms with Gasteiger partial charge in [-0.1, -0.05) is 0 Å². The van der Waals surface area contributed by atoms with Crippen LogP contribution in [0.4, 0.5) is 10.2 Å². The molecule has 0 saturated heterocycles. The molecule has 0 unspecified atom stereocenters. The van der Waals surface area contributed by atoms with Gasteiger partial charge in [0.15, 0.2) is 0 Å². The summed E-state index contributed by atoms with van der Waals surface area (Å²) in [5.74, 6) is 0.649. The summed E-state index contributed by atoms with van der Waals surface area (Å²) in [6, 6.07) is 10.3. The third-order valence-electron chi connectivity index (χ3n) is 3.19. The molecule has 0 atom stereocenters. The van der Waals surface area contributed by atoms with Crippen molar-refractivity contribution < 1.29 is 4.39 Å². The zero-order chi connectivity index (χ0) is 15.9. The highest BCUT2D eigenvalue weighted by Crippen LogP contribution is 2.31. The van der Waals surface area contributed by atoms with Crippen molar-refractivity contribution in [3.05, 3.63) is 52.9 Å². The Hall–Kier alpha value is -1.88. The molecule has 0 bridgehead atoms. The van der Waals surface area contributed by atoms with Crippen LogP contribution in [0.5, 0.6) is 0 Å². The van der Waals surface area contributed by atoms with Crippen LogP contribution in [0.2, 0.25) is 0 Å². The molecule has 1 N–H and O–H groups in total. The lowest BCUT2D eigenvalue weighted by Crippen LogP contribution is -2.27. The fraction of sp³-hybridized carbons (Fsp3) is 0.235. The molecule has 1 aromatic carbocycles. The fourth-order valence-electron chi connectivity index (χ4n) is 2.30. The second-order valence-electron chi connectivity index (χ2n) is 6.27.